The van der Waals surface area contributed by atoms with Crippen molar-refractivity contribution in [1.82, 2.24) is 15.2 Å². The summed E-state index contributed by atoms with van der Waals surface area (Å²) in [5.74, 6) is 0.833. The zero-order valence-corrected chi connectivity index (χ0v) is 17.8. The minimum atomic E-state index is 0.0741. The fourth-order valence-corrected chi connectivity index (χ4v) is 4.51. The van der Waals surface area contributed by atoms with Gasteiger partial charge in [-0.05, 0) is 43.4 Å². The van der Waals surface area contributed by atoms with Crippen molar-refractivity contribution in [2.45, 2.75) is 25.7 Å². The number of pyridine rings is 1. The number of nitriles is 1. The van der Waals surface area contributed by atoms with Gasteiger partial charge in [-0.2, -0.15) is 5.26 Å². The molecule has 2 heterocycles. The summed E-state index contributed by atoms with van der Waals surface area (Å²) < 4.78 is 0. The van der Waals surface area contributed by atoms with Crippen LogP contribution in [-0.2, 0) is 17.6 Å². The monoisotopic (exact) mass is 419 g/mol. The van der Waals surface area contributed by atoms with E-state index in [1.54, 1.807) is 0 Å². The molecule has 1 amide bonds. The molecular weight excluding hydrogens is 390 g/mol. The molecule has 7 heteroatoms. The van der Waals surface area contributed by atoms with Crippen LogP contribution in [0.4, 0.5) is 5.82 Å². The molecule has 2 aromatic rings. The maximum atomic E-state index is 12.4. The highest BCUT2D eigenvalue weighted by Crippen LogP contribution is 2.37. The van der Waals surface area contributed by atoms with Crippen LogP contribution in [0.15, 0.2) is 30.3 Å². The third-order valence-corrected chi connectivity index (χ3v) is 6.13. The topological polar surface area (TPSA) is 92.5 Å². The predicted octanol–water partition coefficient (Wildman–Crippen LogP) is 1.73. The number of piperazine rings is 1. The number of hydrogen-bond donors (Lipinski definition) is 2. The normalized spacial score (nSPS) is 15.6. The molecule has 1 saturated heterocycles. The quantitative estimate of drug-likeness (QED) is 0.664. The number of aliphatic hydroxyl groups is 1. The molecule has 2 aliphatic rings. The van der Waals surface area contributed by atoms with Crippen LogP contribution in [0.25, 0.3) is 11.3 Å². The van der Waals surface area contributed by atoms with Crippen LogP contribution in [-0.4, -0.2) is 66.8 Å². The van der Waals surface area contributed by atoms with Gasteiger partial charge in [-0.1, -0.05) is 30.3 Å². The zero-order chi connectivity index (χ0) is 21.6. The van der Waals surface area contributed by atoms with E-state index >= 15 is 0 Å². The molecule has 0 saturated carbocycles. The molecule has 0 bridgehead atoms. The summed E-state index contributed by atoms with van der Waals surface area (Å²) in [6.45, 7) is 3.61. The lowest BCUT2D eigenvalue weighted by molar-refractivity contribution is -0.130. The molecule has 0 radical (unpaired) electrons. The number of rotatable bonds is 7. The van der Waals surface area contributed by atoms with Crippen LogP contribution in [0.5, 0.6) is 0 Å². The Hall–Kier alpha value is -2.95. The van der Waals surface area contributed by atoms with Crippen molar-refractivity contribution in [1.29, 1.82) is 5.26 Å². The lowest BCUT2D eigenvalue weighted by atomic mass is 9.98. The second kappa shape index (κ2) is 9.90. The summed E-state index contributed by atoms with van der Waals surface area (Å²) in [6, 6.07) is 12.6. The minimum absolute atomic E-state index is 0.0741. The first-order valence-corrected chi connectivity index (χ1v) is 11.1. The van der Waals surface area contributed by atoms with E-state index in [0.717, 1.165) is 41.9 Å². The van der Waals surface area contributed by atoms with Crippen molar-refractivity contribution in [3.63, 3.8) is 0 Å². The summed E-state index contributed by atoms with van der Waals surface area (Å²) in [5, 5.41) is 21.9. The first kappa shape index (κ1) is 21.3. The smallest absolute Gasteiger partial charge is 0.236 e. The van der Waals surface area contributed by atoms with Gasteiger partial charge in [-0.3, -0.25) is 4.79 Å². The van der Waals surface area contributed by atoms with E-state index in [9.17, 15) is 10.1 Å². The van der Waals surface area contributed by atoms with Crippen molar-refractivity contribution >= 4 is 11.7 Å². The summed E-state index contributed by atoms with van der Waals surface area (Å²) in [4.78, 5) is 21.5. The number of anilines is 1. The zero-order valence-electron chi connectivity index (χ0n) is 17.8. The van der Waals surface area contributed by atoms with E-state index in [0.29, 0.717) is 51.3 Å². The Morgan fingerprint density at radius 3 is 2.58 bits per heavy atom. The number of nitrogens with one attached hydrogen (secondary N) is 1. The van der Waals surface area contributed by atoms with Crippen LogP contribution in [0.1, 0.15) is 29.5 Å². The number of aliphatic hydroxyl groups excluding tert-OH is 1. The van der Waals surface area contributed by atoms with Gasteiger partial charge < -0.3 is 20.2 Å². The second-order valence-corrected chi connectivity index (χ2v) is 8.07. The molecule has 0 spiro atoms. The van der Waals surface area contributed by atoms with E-state index in [1.807, 2.05) is 23.1 Å². The maximum absolute atomic E-state index is 12.4. The van der Waals surface area contributed by atoms with E-state index < -0.39 is 0 Å². The van der Waals surface area contributed by atoms with E-state index in [-0.39, 0.29) is 12.5 Å². The fourth-order valence-electron chi connectivity index (χ4n) is 4.51. The van der Waals surface area contributed by atoms with Gasteiger partial charge >= 0.3 is 0 Å². The molecule has 4 rings (SSSR count). The van der Waals surface area contributed by atoms with Crippen molar-refractivity contribution in [3.8, 4) is 17.3 Å². The summed E-state index contributed by atoms with van der Waals surface area (Å²) in [5.41, 5.74) is 5.16. The molecular formula is C24H29N5O2. The third-order valence-electron chi connectivity index (χ3n) is 6.13. The van der Waals surface area contributed by atoms with E-state index in [1.165, 1.54) is 5.56 Å². The van der Waals surface area contributed by atoms with Gasteiger partial charge in [0.2, 0.25) is 5.91 Å². The number of aromatic nitrogens is 1. The summed E-state index contributed by atoms with van der Waals surface area (Å²) in [6.07, 6.45) is 3.59. The first-order valence-electron chi connectivity index (χ1n) is 11.1. The Morgan fingerprint density at radius 1 is 1.13 bits per heavy atom. The number of hydrogen-bond acceptors (Lipinski definition) is 6. The highest BCUT2D eigenvalue weighted by atomic mass is 16.3. The molecule has 2 N–H and O–H groups in total. The Bertz CT molecular complexity index is 962. The van der Waals surface area contributed by atoms with Gasteiger partial charge in [-0.15, -0.1) is 0 Å². The highest BCUT2D eigenvalue weighted by Gasteiger charge is 2.29. The van der Waals surface area contributed by atoms with E-state index in [2.05, 4.69) is 28.4 Å². The lowest BCUT2D eigenvalue weighted by Crippen LogP contribution is -2.51. The minimum Gasteiger partial charge on any atom is -0.396 e. The Morgan fingerprint density at radius 2 is 1.87 bits per heavy atom. The van der Waals surface area contributed by atoms with Crippen LogP contribution < -0.4 is 10.2 Å². The third kappa shape index (κ3) is 4.55. The molecule has 1 aromatic heterocycles. The SMILES string of the molecule is N#Cc1c(N2CCN(C(=O)CNCCCO)CC2)nc(-c2ccccc2)c2c1CCC2. The number of amides is 1. The van der Waals surface area contributed by atoms with Crippen molar-refractivity contribution in [2.24, 2.45) is 0 Å². The first-order chi connectivity index (χ1) is 15.2. The lowest BCUT2D eigenvalue weighted by Gasteiger charge is -2.36. The molecule has 162 valence electrons. The molecule has 0 atom stereocenters. The Labute approximate surface area is 183 Å². The number of fused-ring (bicyclic) bond motifs is 1. The average Bonchev–Trinajstić information content (AvgIpc) is 3.31. The number of nitrogens with zero attached hydrogens (tertiary/aromatic N) is 4. The van der Waals surface area contributed by atoms with E-state index in [4.69, 9.17) is 10.1 Å². The Balaban J connectivity index is 1.53. The summed E-state index contributed by atoms with van der Waals surface area (Å²) >= 11 is 0. The molecule has 1 aliphatic carbocycles. The van der Waals surface area contributed by atoms with Gasteiger partial charge in [0.05, 0.1) is 17.8 Å². The van der Waals surface area contributed by atoms with Crippen molar-refractivity contribution < 1.29 is 9.90 Å². The van der Waals surface area contributed by atoms with Crippen LogP contribution in [0, 0.1) is 11.3 Å². The average molecular weight is 420 g/mol. The van der Waals surface area contributed by atoms with Gasteiger partial charge in [0, 0.05) is 38.3 Å². The largest absolute Gasteiger partial charge is 0.396 e. The molecule has 1 aliphatic heterocycles. The number of benzene rings is 1. The number of carbonyl (C=O) groups is 1. The predicted molar refractivity (Wildman–Crippen MR) is 120 cm³/mol. The van der Waals surface area contributed by atoms with Crippen molar-refractivity contribution in [2.75, 3.05) is 50.8 Å². The standard InChI is InChI=1S/C24H29N5O2/c25-16-21-19-8-4-9-20(19)23(18-6-2-1-3-7-18)27-24(21)29-13-11-28(12-14-29)22(31)17-26-10-5-15-30/h1-3,6-7,26,30H,4-5,8-15,17H2. The maximum Gasteiger partial charge on any atom is 0.236 e. The van der Waals surface area contributed by atoms with Gasteiger partial charge in [0.1, 0.15) is 11.9 Å². The molecule has 31 heavy (non-hydrogen) atoms. The van der Waals surface area contributed by atoms with Gasteiger partial charge in [0.15, 0.2) is 0 Å². The molecule has 1 aromatic carbocycles. The van der Waals surface area contributed by atoms with Gasteiger partial charge in [0.25, 0.3) is 0 Å². The Kier molecular flexibility index (Phi) is 6.80. The van der Waals surface area contributed by atoms with Crippen molar-refractivity contribution in [3.05, 3.63) is 47.0 Å². The molecule has 7 nitrogen and oxygen atoms in total. The summed E-state index contributed by atoms with van der Waals surface area (Å²) in [7, 11) is 0. The molecule has 1 fully saturated rings. The van der Waals surface area contributed by atoms with Gasteiger partial charge in [-0.25, -0.2) is 4.98 Å². The number of carbonyl (C=O) groups excluding carboxylic acids is 1. The highest BCUT2D eigenvalue weighted by molar-refractivity contribution is 5.79. The molecule has 0 unspecified atom stereocenters. The van der Waals surface area contributed by atoms with Crippen LogP contribution in [0.2, 0.25) is 0 Å². The second-order valence-electron chi connectivity index (χ2n) is 8.07. The fraction of sp³-hybridized carbons (Fsp3) is 0.458. The van der Waals surface area contributed by atoms with Crippen LogP contribution in [0.3, 0.4) is 0 Å². The van der Waals surface area contributed by atoms with Crippen LogP contribution >= 0.6 is 0 Å².